The third-order valence-corrected chi connectivity index (χ3v) is 8.62. The van der Waals surface area contributed by atoms with Crippen LogP contribution < -0.4 is 0 Å². The van der Waals surface area contributed by atoms with Crippen LogP contribution >= 0.6 is 0 Å². The number of sulfone groups is 1. The summed E-state index contributed by atoms with van der Waals surface area (Å²) in [5.41, 5.74) is 0.146. The zero-order valence-corrected chi connectivity index (χ0v) is 16.2. The Morgan fingerprint density at radius 1 is 1.20 bits per heavy atom. The molecule has 0 aromatic heterocycles. The van der Waals surface area contributed by atoms with E-state index in [4.69, 9.17) is 0 Å². The van der Waals surface area contributed by atoms with E-state index in [9.17, 15) is 13.2 Å². The minimum atomic E-state index is -3.18. The molecule has 0 amide bonds. The molecule has 3 rings (SSSR count). The van der Waals surface area contributed by atoms with Crippen LogP contribution in [0.15, 0.2) is 35.2 Å². The third-order valence-electron chi connectivity index (χ3n) is 6.80. The first-order chi connectivity index (χ1) is 11.8. The Kier molecular flexibility index (Phi) is 5.38. The summed E-state index contributed by atoms with van der Waals surface area (Å²) in [6, 6.07) is 8.73. The molecule has 0 N–H and O–H groups in total. The fourth-order valence-corrected chi connectivity index (χ4v) is 6.80. The van der Waals surface area contributed by atoms with E-state index < -0.39 is 9.84 Å². The minimum absolute atomic E-state index is 0.146. The monoisotopic (exact) mass is 362 g/mol. The van der Waals surface area contributed by atoms with Gasteiger partial charge in [0.05, 0.1) is 10.6 Å². The van der Waals surface area contributed by atoms with Gasteiger partial charge in [-0.1, -0.05) is 32.0 Å². The molecule has 25 heavy (non-hydrogen) atoms. The van der Waals surface area contributed by atoms with Crippen LogP contribution in [0.25, 0.3) is 0 Å². The van der Waals surface area contributed by atoms with Crippen molar-refractivity contribution in [1.82, 2.24) is 0 Å². The van der Waals surface area contributed by atoms with Crippen molar-refractivity contribution >= 4 is 15.6 Å². The van der Waals surface area contributed by atoms with Crippen LogP contribution in [0.5, 0.6) is 0 Å². The quantitative estimate of drug-likeness (QED) is 0.739. The maximum absolute atomic E-state index is 12.4. The number of hydrogen-bond donors (Lipinski definition) is 0. The molecule has 4 heteroatoms. The van der Waals surface area contributed by atoms with E-state index in [1.807, 2.05) is 6.07 Å². The maximum Gasteiger partial charge on any atom is 0.178 e. The molecule has 0 aliphatic heterocycles. The normalized spacial score (nSPS) is 30.9. The molecule has 0 bridgehead atoms. The zero-order chi connectivity index (χ0) is 18.1. The Labute approximate surface area is 152 Å². The molecule has 1 aromatic rings. The van der Waals surface area contributed by atoms with Crippen LogP contribution in [-0.4, -0.2) is 20.0 Å². The first kappa shape index (κ1) is 18.6. The lowest BCUT2D eigenvalue weighted by Gasteiger charge is -2.42. The first-order valence-corrected chi connectivity index (χ1v) is 11.3. The molecule has 2 saturated carbocycles. The van der Waals surface area contributed by atoms with Crippen molar-refractivity contribution in [3.63, 3.8) is 0 Å². The van der Waals surface area contributed by atoms with Crippen LogP contribution in [0.1, 0.15) is 58.8 Å². The molecular weight excluding hydrogens is 332 g/mol. The van der Waals surface area contributed by atoms with Crippen molar-refractivity contribution in [2.24, 2.45) is 23.2 Å². The molecule has 4 atom stereocenters. The van der Waals surface area contributed by atoms with Crippen molar-refractivity contribution < 1.29 is 13.2 Å². The molecule has 3 nitrogen and oxygen atoms in total. The summed E-state index contributed by atoms with van der Waals surface area (Å²) >= 11 is 0. The Bertz CT molecular complexity index is 710. The van der Waals surface area contributed by atoms with E-state index in [0.29, 0.717) is 28.9 Å². The van der Waals surface area contributed by atoms with Crippen LogP contribution in [0.3, 0.4) is 0 Å². The van der Waals surface area contributed by atoms with Gasteiger partial charge in [-0.25, -0.2) is 8.42 Å². The van der Waals surface area contributed by atoms with Gasteiger partial charge >= 0.3 is 0 Å². The molecule has 4 unspecified atom stereocenters. The summed E-state index contributed by atoms with van der Waals surface area (Å²) in [4.78, 5) is 12.7. The molecule has 0 radical (unpaired) electrons. The molecule has 138 valence electrons. The number of fused-ring (bicyclic) bond motifs is 1. The van der Waals surface area contributed by atoms with Gasteiger partial charge in [-0.2, -0.15) is 0 Å². The third kappa shape index (κ3) is 3.69. The van der Waals surface area contributed by atoms with Crippen LogP contribution in [0, 0.1) is 23.2 Å². The predicted octanol–water partition coefficient (Wildman–Crippen LogP) is 4.66. The number of carbonyl (C=O) groups is 1. The van der Waals surface area contributed by atoms with Gasteiger partial charge in [-0.3, -0.25) is 4.79 Å². The van der Waals surface area contributed by atoms with Crippen molar-refractivity contribution in [1.29, 1.82) is 0 Å². The molecule has 2 aliphatic rings. The summed E-state index contributed by atoms with van der Waals surface area (Å²) < 4.78 is 24.8. The highest BCUT2D eigenvalue weighted by Gasteiger charge is 2.52. The summed E-state index contributed by atoms with van der Waals surface area (Å²) in [7, 11) is -3.18. The van der Waals surface area contributed by atoms with Gasteiger partial charge in [0, 0.05) is 12.3 Å². The van der Waals surface area contributed by atoms with Crippen LogP contribution in [0.2, 0.25) is 0 Å². The van der Waals surface area contributed by atoms with Gasteiger partial charge in [0.15, 0.2) is 9.84 Å². The topological polar surface area (TPSA) is 51.2 Å². The van der Waals surface area contributed by atoms with Gasteiger partial charge in [-0.15, -0.1) is 0 Å². The van der Waals surface area contributed by atoms with E-state index in [0.717, 1.165) is 38.5 Å². The highest BCUT2D eigenvalue weighted by Crippen LogP contribution is 2.57. The van der Waals surface area contributed by atoms with Gasteiger partial charge in [0.2, 0.25) is 0 Å². The second-order valence-electron chi connectivity index (χ2n) is 8.31. The largest absolute Gasteiger partial charge is 0.299 e. The van der Waals surface area contributed by atoms with E-state index in [1.165, 1.54) is 0 Å². The lowest BCUT2D eigenvalue weighted by atomic mass is 9.62. The van der Waals surface area contributed by atoms with Gasteiger partial charge < -0.3 is 0 Å². The van der Waals surface area contributed by atoms with Gasteiger partial charge in [-0.05, 0) is 67.9 Å². The highest BCUT2D eigenvalue weighted by atomic mass is 32.2. The fraction of sp³-hybridized carbons (Fsp3) is 0.667. The van der Waals surface area contributed by atoms with Gasteiger partial charge in [0.25, 0.3) is 0 Å². The van der Waals surface area contributed by atoms with E-state index in [-0.39, 0.29) is 17.1 Å². The molecule has 2 aliphatic carbocycles. The van der Waals surface area contributed by atoms with Crippen LogP contribution in [-0.2, 0) is 14.6 Å². The van der Waals surface area contributed by atoms with E-state index in [2.05, 4.69) is 13.8 Å². The number of hydrogen-bond acceptors (Lipinski definition) is 3. The standard InChI is InChI=1S/C21H30O3S/c1-16(8-7-15-25(23,24)17-9-4-3-5-10-17)18-12-13-19-20(22)11-6-14-21(18,19)2/h3-5,9-10,16,18-19H,6-8,11-15H2,1-2H3. The van der Waals surface area contributed by atoms with E-state index >= 15 is 0 Å². The Morgan fingerprint density at radius 2 is 1.92 bits per heavy atom. The van der Waals surface area contributed by atoms with Gasteiger partial charge in [0.1, 0.15) is 5.78 Å². The number of carbonyl (C=O) groups excluding carboxylic acids is 1. The maximum atomic E-state index is 12.4. The molecule has 0 heterocycles. The highest BCUT2D eigenvalue weighted by molar-refractivity contribution is 7.91. The van der Waals surface area contributed by atoms with Crippen molar-refractivity contribution in [2.75, 3.05) is 5.75 Å². The lowest BCUT2D eigenvalue weighted by Crippen LogP contribution is -2.39. The zero-order valence-electron chi connectivity index (χ0n) is 15.4. The number of benzene rings is 1. The smallest absolute Gasteiger partial charge is 0.178 e. The number of ketones is 1. The van der Waals surface area contributed by atoms with Crippen molar-refractivity contribution in [3.8, 4) is 0 Å². The molecule has 1 aromatic carbocycles. The molecule has 0 saturated heterocycles. The fourth-order valence-electron chi connectivity index (χ4n) is 5.45. The lowest BCUT2D eigenvalue weighted by molar-refractivity contribution is -0.130. The Balaban J connectivity index is 1.58. The van der Waals surface area contributed by atoms with E-state index in [1.54, 1.807) is 24.3 Å². The summed E-state index contributed by atoms with van der Waals surface area (Å²) in [5, 5.41) is 0. The SMILES string of the molecule is CC(CCCS(=O)(=O)c1ccccc1)C1CCC2C(=O)CCCC21C. The average molecular weight is 363 g/mol. The second kappa shape index (κ2) is 7.22. The molecule has 2 fully saturated rings. The van der Waals surface area contributed by atoms with Crippen molar-refractivity contribution in [3.05, 3.63) is 30.3 Å². The van der Waals surface area contributed by atoms with Crippen molar-refractivity contribution in [2.45, 2.75) is 63.7 Å². The minimum Gasteiger partial charge on any atom is -0.299 e. The summed E-state index contributed by atoms with van der Waals surface area (Å²) in [5.74, 6) is 1.97. The predicted molar refractivity (Wildman–Crippen MR) is 100 cm³/mol. The number of Topliss-reactive ketones (excluding diaryl/α,β-unsaturated/α-hetero) is 1. The average Bonchev–Trinajstić information content (AvgIpc) is 2.94. The first-order valence-electron chi connectivity index (χ1n) is 9.65. The number of rotatable bonds is 6. The Hall–Kier alpha value is -1.16. The van der Waals surface area contributed by atoms with Crippen LogP contribution in [0.4, 0.5) is 0 Å². The molecule has 0 spiro atoms. The summed E-state index contributed by atoms with van der Waals surface area (Å²) in [6.45, 7) is 4.57. The summed E-state index contributed by atoms with van der Waals surface area (Å²) in [6.07, 6.45) is 6.72. The molecular formula is C21H30O3S. The second-order valence-corrected chi connectivity index (χ2v) is 10.4. The Morgan fingerprint density at radius 3 is 2.64 bits per heavy atom.